The number of methoxy groups -OCH3 is 1. The van der Waals surface area contributed by atoms with Crippen LogP contribution in [0.15, 0.2) is 96.4 Å². The van der Waals surface area contributed by atoms with Crippen LogP contribution in [0.5, 0.6) is 11.5 Å². The lowest BCUT2D eigenvalue weighted by atomic mass is 10.1. The molecule has 0 radical (unpaired) electrons. The second-order valence-electron chi connectivity index (χ2n) is 7.49. The van der Waals surface area contributed by atoms with Crippen molar-refractivity contribution in [1.29, 1.82) is 0 Å². The number of benzene rings is 3. The number of para-hydroxylation sites is 1. The quantitative estimate of drug-likeness (QED) is 0.257. The first-order valence-corrected chi connectivity index (χ1v) is 11.1. The molecule has 0 aliphatic heterocycles. The zero-order valence-electron chi connectivity index (χ0n) is 18.9. The van der Waals surface area contributed by atoms with Crippen molar-refractivity contribution in [3.05, 3.63) is 113 Å². The van der Waals surface area contributed by atoms with Gasteiger partial charge in [-0.15, -0.1) is 0 Å². The molecule has 0 spiro atoms. The second-order valence-corrected chi connectivity index (χ2v) is 7.90. The zero-order chi connectivity index (χ0) is 23.9. The number of carbonyl (C=O) groups is 1. The monoisotopic (exact) mass is 473 g/mol. The van der Waals surface area contributed by atoms with Crippen molar-refractivity contribution in [2.24, 2.45) is 5.10 Å². The SMILES string of the molecule is COc1cc(/C(C)=N/NC(=O)c2ccccc2-n2cccc2)ccc1OCc1ccccc1Cl. The van der Waals surface area contributed by atoms with Crippen molar-refractivity contribution in [2.45, 2.75) is 13.5 Å². The van der Waals surface area contributed by atoms with E-state index in [1.165, 1.54) is 0 Å². The highest BCUT2D eigenvalue weighted by Crippen LogP contribution is 2.30. The van der Waals surface area contributed by atoms with E-state index in [2.05, 4.69) is 10.5 Å². The number of nitrogens with zero attached hydrogens (tertiary/aromatic N) is 2. The highest BCUT2D eigenvalue weighted by Gasteiger charge is 2.13. The first-order valence-electron chi connectivity index (χ1n) is 10.7. The summed E-state index contributed by atoms with van der Waals surface area (Å²) in [6.45, 7) is 2.14. The molecular weight excluding hydrogens is 450 g/mol. The molecule has 172 valence electrons. The van der Waals surface area contributed by atoms with Gasteiger partial charge in [0.15, 0.2) is 11.5 Å². The van der Waals surface area contributed by atoms with E-state index in [4.69, 9.17) is 21.1 Å². The fourth-order valence-electron chi connectivity index (χ4n) is 3.43. The predicted octanol–water partition coefficient (Wildman–Crippen LogP) is 5.87. The number of aromatic nitrogens is 1. The zero-order valence-corrected chi connectivity index (χ0v) is 19.6. The third kappa shape index (κ3) is 5.30. The number of halogens is 1. The molecule has 0 saturated carbocycles. The molecule has 0 unspecified atom stereocenters. The van der Waals surface area contributed by atoms with Crippen molar-refractivity contribution in [3.8, 4) is 17.2 Å². The number of hydrogen-bond donors (Lipinski definition) is 1. The molecule has 0 aliphatic carbocycles. The van der Waals surface area contributed by atoms with E-state index in [9.17, 15) is 4.79 Å². The van der Waals surface area contributed by atoms with E-state index in [1.54, 1.807) is 13.2 Å². The van der Waals surface area contributed by atoms with Gasteiger partial charge in [0.05, 0.1) is 24.1 Å². The normalized spacial score (nSPS) is 11.2. The summed E-state index contributed by atoms with van der Waals surface area (Å²) in [5.41, 5.74) is 6.26. The molecule has 0 aliphatic rings. The van der Waals surface area contributed by atoms with Gasteiger partial charge < -0.3 is 14.0 Å². The Labute approximate surface area is 203 Å². The Bertz CT molecular complexity index is 1320. The largest absolute Gasteiger partial charge is 0.493 e. The van der Waals surface area contributed by atoms with Gasteiger partial charge in [-0.2, -0.15) is 5.10 Å². The lowest BCUT2D eigenvalue weighted by Crippen LogP contribution is -2.21. The Morgan fingerprint density at radius 3 is 2.47 bits per heavy atom. The van der Waals surface area contributed by atoms with Crippen LogP contribution in [0.2, 0.25) is 5.02 Å². The van der Waals surface area contributed by atoms with Gasteiger partial charge in [-0.25, -0.2) is 5.43 Å². The molecule has 3 aromatic carbocycles. The van der Waals surface area contributed by atoms with Crippen LogP contribution < -0.4 is 14.9 Å². The number of ether oxygens (including phenoxy) is 2. The third-order valence-corrected chi connectivity index (χ3v) is 5.65. The summed E-state index contributed by atoms with van der Waals surface area (Å²) in [5, 5.41) is 4.95. The van der Waals surface area contributed by atoms with E-state index >= 15 is 0 Å². The molecule has 0 saturated heterocycles. The summed E-state index contributed by atoms with van der Waals surface area (Å²) >= 11 is 6.21. The van der Waals surface area contributed by atoms with Gasteiger partial charge in [0.1, 0.15) is 6.61 Å². The molecular formula is C27H24ClN3O3. The molecule has 1 N–H and O–H groups in total. The smallest absolute Gasteiger partial charge is 0.273 e. The first-order chi connectivity index (χ1) is 16.6. The van der Waals surface area contributed by atoms with Crippen LogP contribution in [0.25, 0.3) is 5.69 Å². The maximum absolute atomic E-state index is 12.8. The fourth-order valence-corrected chi connectivity index (χ4v) is 3.62. The van der Waals surface area contributed by atoms with Crippen LogP contribution in [0, 0.1) is 0 Å². The molecule has 0 atom stereocenters. The van der Waals surface area contributed by atoms with E-state index in [0.717, 1.165) is 16.8 Å². The minimum Gasteiger partial charge on any atom is -0.493 e. The topological polar surface area (TPSA) is 64.8 Å². The number of hydrazone groups is 1. The second kappa shape index (κ2) is 10.7. The Kier molecular flexibility index (Phi) is 7.30. The van der Waals surface area contributed by atoms with Gasteiger partial charge in [0.2, 0.25) is 0 Å². The Morgan fingerprint density at radius 2 is 1.71 bits per heavy atom. The van der Waals surface area contributed by atoms with E-state index in [1.807, 2.05) is 96.7 Å². The molecule has 0 fully saturated rings. The van der Waals surface area contributed by atoms with E-state index < -0.39 is 0 Å². The minimum atomic E-state index is -0.296. The van der Waals surface area contributed by atoms with Gasteiger partial charge >= 0.3 is 0 Å². The number of amides is 1. The molecule has 0 bridgehead atoms. The summed E-state index contributed by atoms with van der Waals surface area (Å²) in [7, 11) is 1.58. The summed E-state index contributed by atoms with van der Waals surface area (Å²) in [5.74, 6) is 0.849. The van der Waals surface area contributed by atoms with Gasteiger partial charge in [0.25, 0.3) is 5.91 Å². The highest BCUT2D eigenvalue weighted by atomic mass is 35.5. The van der Waals surface area contributed by atoms with E-state index in [0.29, 0.717) is 34.4 Å². The maximum atomic E-state index is 12.8. The maximum Gasteiger partial charge on any atom is 0.273 e. The van der Waals surface area contributed by atoms with Gasteiger partial charge in [-0.3, -0.25) is 4.79 Å². The molecule has 1 amide bonds. The van der Waals surface area contributed by atoms with Crippen molar-refractivity contribution in [1.82, 2.24) is 9.99 Å². The molecule has 7 heteroatoms. The molecule has 34 heavy (non-hydrogen) atoms. The third-order valence-electron chi connectivity index (χ3n) is 5.28. The summed E-state index contributed by atoms with van der Waals surface area (Å²) < 4.78 is 13.3. The minimum absolute atomic E-state index is 0.296. The Morgan fingerprint density at radius 1 is 0.971 bits per heavy atom. The molecule has 1 aromatic heterocycles. The van der Waals surface area contributed by atoms with Gasteiger partial charge in [0, 0.05) is 28.5 Å². The van der Waals surface area contributed by atoms with Crippen molar-refractivity contribution in [2.75, 3.05) is 7.11 Å². The lowest BCUT2D eigenvalue weighted by Gasteiger charge is -2.13. The fraction of sp³-hybridized carbons (Fsp3) is 0.111. The molecule has 6 nitrogen and oxygen atoms in total. The lowest BCUT2D eigenvalue weighted by molar-refractivity contribution is 0.0955. The first kappa shape index (κ1) is 23.1. The number of hydrogen-bond acceptors (Lipinski definition) is 4. The number of rotatable bonds is 8. The average molecular weight is 474 g/mol. The van der Waals surface area contributed by atoms with E-state index in [-0.39, 0.29) is 5.91 Å². The van der Waals surface area contributed by atoms with Crippen LogP contribution in [0.1, 0.15) is 28.4 Å². The Hall–Kier alpha value is -4.03. The Balaban J connectivity index is 1.48. The molecule has 4 aromatic rings. The van der Waals surface area contributed by atoms with Crippen LogP contribution in [0.4, 0.5) is 0 Å². The number of nitrogens with one attached hydrogen (secondary N) is 1. The average Bonchev–Trinajstić information content (AvgIpc) is 3.41. The van der Waals surface area contributed by atoms with Crippen molar-refractivity contribution < 1.29 is 14.3 Å². The molecule has 4 rings (SSSR count). The summed E-state index contributed by atoms with van der Waals surface area (Å²) in [4.78, 5) is 12.8. The van der Waals surface area contributed by atoms with Crippen LogP contribution in [0.3, 0.4) is 0 Å². The highest BCUT2D eigenvalue weighted by molar-refractivity contribution is 6.31. The van der Waals surface area contributed by atoms with Crippen LogP contribution >= 0.6 is 11.6 Å². The van der Waals surface area contributed by atoms with Crippen molar-refractivity contribution >= 4 is 23.2 Å². The predicted molar refractivity (Wildman–Crippen MR) is 134 cm³/mol. The standard InChI is InChI=1S/C27H24ClN3O3/c1-19(29-30-27(32)22-10-4-6-12-24(22)31-15-7-8-16-31)20-13-14-25(26(17-20)33-2)34-18-21-9-3-5-11-23(21)28/h3-17H,18H2,1-2H3,(H,30,32)/b29-19+. The van der Waals surface area contributed by atoms with Crippen LogP contribution in [-0.4, -0.2) is 23.3 Å². The summed E-state index contributed by atoms with van der Waals surface area (Å²) in [6.07, 6.45) is 3.78. The van der Waals surface area contributed by atoms with Gasteiger partial charge in [-0.1, -0.05) is 41.9 Å². The number of carbonyl (C=O) groups excluding carboxylic acids is 1. The van der Waals surface area contributed by atoms with Crippen LogP contribution in [-0.2, 0) is 6.61 Å². The molecule has 1 heterocycles. The van der Waals surface area contributed by atoms with Crippen molar-refractivity contribution in [3.63, 3.8) is 0 Å². The summed E-state index contributed by atoms with van der Waals surface area (Å²) in [6, 6.07) is 24.2. The van der Waals surface area contributed by atoms with Gasteiger partial charge in [-0.05, 0) is 55.5 Å².